The molecule has 0 aromatic heterocycles. The molecule has 4 nitrogen and oxygen atoms in total. The van der Waals surface area contributed by atoms with Gasteiger partial charge in [-0.25, -0.2) is 0 Å². The molecule has 5 heteroatoms. The lowest BCUT2D eigenvalue weighted by Crippen LogP contribution is -2.36. The van der Waals surface area contributed by atoms with Gasteiger partial charge in [-0.2, -0.15) is 0 Å². The highest BCUT2D eigenvalue weighted by atomic mass is 79.9. The van der Waals surface area contributed by atoms with Crippen molar-refractivity contribution in [3.8, 4) is 0 Å². The van der Waals surface area contributed by atoms with Gasteiger partial charge in [-0.1, -0.05) is 6.07 Å². The highest BCUT2D eigenvalue weighted by Gasteiger charge is 2.16. The predicted molar refractivity (Wildman–Crippen MR) is 84.8 cm³/mol. The van der Waals surface area contributed by atoms with Crippen LogP contribution in [0.1, 0.15) is 32.8 Å². The van der Waals surface area contributed by atoms with Crippen molar-refractivity contribution in [1.82, 2.24) is 5.32 Å². The fraction of sp³-hybridized carbons (Fsp3) is 0.467. The van der Waals surface area contributed by atoms with Crippen LogP contribution >= 0.6 is 15.9 Å². The van der Waals surface area contributed by atoms with Crippen LogP contribution in [0.4, 0.5) is 5.69 Å². The lowest BCUT2D eigenvalue weighted by Gasteiger charge is -2.23. The third kappa shape index (κ3) is 4.96. The maximum Gasteiger partial charge on any atom is 0.223 e. The van der Waals surface area contributed by atoms with Gasteiger partial charge in [0.2, 0.25) is 11.8 Å². The fourth-order valence-corrected chi connectivity index (χ4v) is 2.59. The summed E-state index contributed by atoms with van der Waals surface area (Å²) in [6.45, 7) is 7.69. The van der Waals surface area contributed by atoms with E-state index in [4.69, 9.17) is 0 Å². The average Bonchev–Trinajstić information content (AvgIpc) is 2.30. The Hall–Kier alpha value is -1.36. The molecule has 0 heterocycles. The molecule has 0 fully saturated rings. The molecular formula is C15H21BrN2O2. The number of benzene rings is 1. The summed E-state index contributed by atoms with van der Waals surface area (Å²) in [6.07, 6.45) is 0.290. The van der Waals surface area contributed by atoms with E-state index in [1.807, 2.05) is 39.0 Å². The summed E-state index contributed by atoms with van der Waals surface area (Å²) < 4.78 is 0.858. The van der Waals surface area contributed by atoms with E-state index in [9.17, 15) is 9.59 Å². The Morgan fingerprint density at radius 2 is 2.00 bits per heavy atom. The molecule has 1 rings (SSSR count). The zero-order chi connectivity index (χ0) is 15.3. The summed E-state index contributed by atoms with van der Waals surface area (Å²) in [5.74, 6) is -0.124. The first-order valence-corrected chi connectivity index (χ1v) is 7.44. The van der Waals surface area contributed by atoms with Gasteiger partial charge in [-0.05, 0) is 54.4 Å². The van der Waals surface area contributed by atoms with E-state index < -0.39 is 0 Å². The Morgan fingerprint density at radius 1 is 1.35 bits per heavy atom. The van der Waals surface area contributed by atoms with Gasteiger partial charge in [-0.3, -0.25) is 9.59 Å². The minimum atomic E-state index is -0.0769. The van der Waals surface area contributed by atoms with Gasteiger partial charge in [0.05, 0.1) is 5.69 Å². The highest BCUT2D eigenvalue weighted by Crippen LogP contribution is 2.27. The first-order valence-electron chi connectivity index (χ1n) is 6.65. The van der Waals surface area contributed by atoms with Gasteiger partial charge in [0.1, 0.15) is 0 Å². The van der Waals surface area contributed by atoms with Crippen molar-refractivity contribution in [1.29, 1.82) is 0 Å². The van der Waals surface area contributed by atoms with E-state index in [1.165, 1.54) is 6.92 Å². The fourth-order valence-electron chi connectivity index (χ4n) is 1.89. The second kappa shape index (κ2) is 7.43. The predicted octanol–water partition coefficient (Wildman–Crippen LogP) is 3.03. The van der Waals surface area contributed by atoms with Gasteiger partial charge >= 0.3 is 0 Å². The lowest BCUT2D eigenvalue weighted by atomic mass is 10.2. The van der Waals surface area contributed by atoms with Gasteiger partial charge in [0, 0.05) is 30.4 Å². The first-order chi connectivity index (χ1) is 9.31. The summed E-state index contributed by atoms with van der Waals surface area (Å²) in [6, 6.07) is 5.91. The van der Waals surface area contributed by atoms with Crippen LogP contribution in [0.5, 0.6) is 0 Å². The van der Waals surface area contributed by atoms with Gasteiger partial charge in [0.25, 0.3) is 0 Å². The normalized spacial score (nSPS) is 10.5. The molecule has 0 saturated carbocycles. The summed E-state index contributed by atoms with van der Waals surface area (Å²) >= 11 is 3.47. The van der Waals surface area contributed by atoms with Crippen LogP contribution < -0.4 is 10.2 Å². The van der Waals surface area contributed by atoms with Crippen LogP contribution in [0.2, 0.25) is 0 Å². The van der Waals surface area contributed by atoms with Crippen LogP contribution in [0.3, 0.4) is 0 Å². The molecule has 0 aliphatic carbocycles. The van der Waals surface area contributed by atoms with E-state index in [0.717, 1.165) is 15.7 Å². The Kier molecular flexibility index (Phi) is 6.20. The molecular weight excluding hydrogens is 320 g/mol. The summed E-state index contributed by atoms with van der Waals surface area (Å²) in [7, 11) is 0. The van der Waals surface area contributed by atoms with Crippen LogP contribution in [0.25, 0.3) is 0 Å². The number of carbonyl (C=O) groups excluding carboxylic acids is 2. The number of carbonyl (C=O) groups is 2. The number of amides is 2. The molecule has 20 heavy (non-hydrogen) atoms. The molecule has 0 bridgehead atoms. The molecule has 0 radical (unpaired) electrons. The summed E-state index contributed by atoms with van der Waals surface area (Å²) in [5, 5.41) is 2.82. The number of halogens is 1. The van der Waals surface area contributed by atoms with Crippen molar-refractivity contribution in [2.24, 2.45) is 0 Å². The van der Waals surface area contributed by atoms with Crippen molar-refractivity contribution in [3.05, 3.63) is 28.2 Å². The Bertz CT molecular complexity index is 501. The highest BCUT2D eigenvalue weighted by molar-refractivity contribution is 9.10. The molecule has 1 N–H and O–H groups in total. The third-order valence-corrected chi connectivity index (χ3v) is 3.42. The molecule has 0 aliphatic heterocycles. The number of hydrogen-bond acceptors (Lipinski definition) is 2. The molecule has 0 atom stereocenters. The van der Waals surface area contributed by atoms with Crippen molar-refractivity contribution in [2.75, 3.05) is 11.4 Å². The topological polar surface area (TPSA) is 49.4 Å². The molecule has 1 aromatic rings. The number of hydrogen-bond donors (Lipinski definition) is 1. The molecule has 1 aromatic carbocycles. The maximum atomic E-state index is 11.8. The smallest absolute Gasteiger partial charge is 0.223 e. The zero-order valence-electron chi connectivity index (χ0n) is 12.4. The lowest BCUT2D eigenvalue weighted by molar-refractivity contribution is -0.121. The largest absolute Gasteiger partial charge is 0.354 e. The maximum absolute atomic E-state index is 11.8. The molecule has 0 spiro atoms. The quantitative estimate of drug-likeness (QED) is 0.895. The third-order valence-electron chi connectivity index (χ3n) is 2.79. The van der Waals surface area contributed by atoms with E-state index in [-0.39, 0.29) is 24.3 Å². The first kappa shape index (κ1) is 16.7. The van der Waals surface area contributed by atoms with E-state index in [0.29, 0.717) is 6.54 Å². The summed E-state index contributed by atoms with van der Waals surface area (Å²) in [5.41, 5.74) is 1.90. The number of aryl methyl sites for hydroxylation is 1. The minimum absolute atomic E-state index is 0.0468. The standard InChI is InChI=1S/C15H21BrN2O2/c1-10(2)17-15(20)7-8-18(12(4)19)14-6-5-11(3)9-13(14)16/h5-6,9-10H,7-8H2,1-4H3,(H,17,20). The van der Waals surface area contributed by atoms with Crippen LogP contribution in [0.15, 0.2) is 22.7 Å². The SMILES string of the molecule is CC(=O)N(CCC(=O)NC(C)C)c1ccc(C)cc1Br. The van der Waals surface area contributed by atoms with Crippen LogP contribution in [-0.2, 0) is 9.59 Å². The monoisotopic (exact) mass is 340 g/mol. The second-order valence-corrected chi connectivity index (χ2v) is 5.95. The average molecular weight is 341 g/mol. The number of rotatable bonds is 5. The van der Waals surface area contributed by atoms with Gasteiger partial charge in [0.15, 0.2) is 0 Å². The number of nitrogens with one attached hydrogen (secondary N) is 1. The minimum Gasteiger partial charge on any atom is -0.354 e. The van der Waals surface area contributed by atoms with Crippen LogP contribution in [-0.4, -0.2) is 24.4 Å². The molecule has 0 unspecified atom stereocenters. The Labute approximate surface area is 128 Å². The van der Waals surface area contributed by atoms with Gasteiger partial charge in [-0.15, -0.1) is 0 Å². The Morgan fingerprint density at radius 3 is 2.50 bits per heavy atom. The summed E-state index contributed by atoms with van der Waals surface area (Å²) in [4.78, 5) is 25.1. The van der Waals surface area contributed by atoms with E-state index in [2.05, 4.69) is 21.2 Å². The van der Waals surface area contributed by atoms with Crippen LogP contribution in [0, 0.1) is 6.92 Å². The molecule has 2 amide bonds. The Balaban J connectivity index is 2.80. The zero-order valence-corrected chi connectivity index (χ0v) is 14.0. The number of anilines is 1. The molecule has 0 aliphatic rings. The molecule has 110 valence electrons. The van der Waals surface area contributed by atoms with Crippen molar-refractivity contribution >= 4 is 33.4 Å². The van der Waals surface area contributed by atoms with E-state index >= 15 is 0 Å². The van der Waals surface area contributed by atoms with Crippen molar-refractivity contribution in [3.63, 3.8) is 0 Å². The van der Waals surface area contributed by atoms with Gasteiger partial charge < -0.3 is 10.2 Å². The second-order valence-electron chi connectivity index (χ2n) is 5.10. The molecule has 0 saturated heterocycles. The van der Waals surface area contributed by atoms with Crippen molar-refractivity contribution in [2.45, 2.75) is 40.2 Å². The number of nitrogens with zero attached hydrogens (tertiary/aromatic N) is 1. The van der Waals surface area contributed by atoms with Crippen molar-refractivity contribution < 1.29 is 9.59 Å². The van der Waals surface area contributed by atoms with E-state index in [1.54, 1.807) is 4.90 Å².